The van der Waals surface area contributed by atoms with Gasteiger partial charge in [-0.3, -0.25) is 4.79 Å². The quantitative estimate of drug-likeness (QED) is 0.648. The molecule has 2 aliphatic rings. The number of hydrogen-bond acceptors (Lipinski definition) is 3. The summed E-state index contributed by atoms with van der Waals surface area (Å²) in [6.45, 7) is 0.597. The molecule has 2 aliphatic heterocycles. The molecule has 1 amide bonds. The minimum absolute atomic E-state index is 0.106. The van der Waals surface area contributed by atoms with Crippen LogP contribution in [0.25, 0.3) is 0 Å². The van der Waals surface area contributed by atoms with Crippen LogP contribution in [0.15, 0.2) is 22.8 Å². The third kappa shape index (κ3) is 1.12. The average molecular weight is 183 g/mol. The Balaban J connectivity index is 2.28. The van der Waals surface area contributed by atoms with E-state index in [-0.39, 0.29) is 11.8 Å². The van der Waals surface area contributed by atoms with Crippen LogP contribution in [-0.2, 0) is 9.53 Å². The molecule has 0 radical (unpaired) electrons. The van der Waals surface area contributed by atoms with Crippen LogP contribution in [0.5, 0.6) is 0 Å². The van der Waals surface area contributed by atoms with Crippen LogP contribution in [-0.4, -0.2) is 18.3 Å². The van der Waals surface area contributed by atoms with Gasteiger partial charge in [0.1, 0.15) is 6.61 Å². The zero-order chi connectivity index (χ0) is 8.55. The largest absolute Gasteiger partial charge is 0.496 e. The molecule has 2 N–H and O–H groups in total. The van der Waals surface area contributed by atoms with Gasteiger partial charge in [0.05, 0.1) is 12.2 Å². The molecule has 64 valence electrons. The van der Waals surface area contributed by atoms with Gasteiger partial charge >= 0.3 is 0 Å². The summed E-state index contributed by atoms with van der Waals surface area (Å²) in [6.07, 6.45) is 3.47. The van der Waals surface area contributed by atoms with Crippen molar-refractivity contribution in [3.63, 3.8) is 0 Å². The van der Waals surface area contributed by atoms with Gasteiger partial charge in [-0.1, -0.05) is 0 Å². The maximum Gasteiger partial charge on any atom is 0.225 e. The summed E-state index contributed by atoms with van der Waals surface area (Å²) in [6, 6.07) is 0. The molecule has 2 heterocycles. The standard InChI is InChI=1S/C8H9NO2S/c9-8(10)6-4-12-7-3-11-2-1-5(6)7/h1-2,6H,3-4H2,(H2,9,10). The second-order valence-corrected chi connectivity index (χ2v) is 3.87. The third-order valence-electron chi connectivity index (χ3n) is 2.02. The Hall–Kier alpha value is -0.900. The molecule has 1 unspecified atom stereocenters. The van der Waals surface area contributed by atoms with E-state index in [0.29, 0.717) is 6.61 Å². The van der Waals surface area contributed by atoms with Crippen molar-refractivity contribution in [2.45, 2.75) is 0 Å². The van der Waals surface area contributed by atoms with Crippen molar-refractivity contribution in [3.05, 3.63) is 22.8 Å². The average Bonchev–Trinajstić information content (AvgIpc) is 2.47. The highest BCUT2D eigenvalue weighted by molar-refractivity contribution is 8.03. The van der Waals surface area contributed by atoms with E-state index in [1.54, 1.807) is 18.0 Å². The number of amides is 1. The Morgan fingerprint density at radius 1 is 1.75 bits per heavy atom. The first-order chi connectivity index (χ1) is 5.79. The summed E-state index contributed by atoms with van der Waals surface area (Å²) in [5.74, 6) is 0.428. The van der Waals surface area contributed by atoms with Gasteiger partial charge in [-0.2, -0.15) is 0 Å². The number of hydrogen-bond donors (Lipinski definition) is 1. The predicted molar refractivity (Wildman–Crippen MR) is 47.3 cm³/mol. The highest BCUT2D eigenvalue weighted by Crippen LogP contribution is 2.38. The van der Waals surface area contributed by atoms with E-state index in [2.05, 4.69) is 0 Å². The topological polar surface area (TPSA) is 52.3 Å². The number of ether oxygens (including phenoxy) is 1. The number of thioether (sulfide) groups is 1. The normalized spacial score (nSPS) is 26.8. The summed E-state index contributed by atoms with van der Waals surface area (Å²) in [4.78, 5) is 12.1. The van der Waals surface area contributed by atoms with Gasteiger partial charge < -0.3 is 10.5 Å². The molecule has 4 heteroatoms. The second kappa shape index (κ2) is 2.86. The molecule has 0 aromatic rings. The molecule has 0 saturated carbocycles. The minimum atomic E-state index is -0.237. The monoisotopic (exact) mass is 183 g/mol. The molecular weight excluding hydrogens is 174 g/mol. The van der Waals surface area contributed by atoms with E-state index in [1.807, 2.05) is 6.08 Å². The Bertz CT molecular complexity index is 283. The Kier molecular flexibility index (Phi) is 1.84. The zero-order valence-electron chi connectivity index (χ0n) is 6.45. The van der Waals surface area contributed by atoms with E-state index in [9.17, 15) is 4.79 Å². The number of carbonyl (C=O) groups is 1. The Morgan fingerprint density at radius 3 is 3.33 bits per heavy atom. The van der Waals surface area contributed by atoms with Crippen molar-refractivity contribution in [2.24, 2.45) is 11.7 Å². The van der Waals surface area contributed by atoms with Gasteiger partial charge in [-0.05, 0) is 11.6 Å². The number of rotatable bonds is 1. The summed E-state index contributed by atoms with van der Waals surface area (Å²) in [5.41, 5.74) is 6.30. The second-order valence-electron chi connectivity index (χ2n) is 2.76. The van der Waals surface area contributed by atoms with E-state index in [0.717, 1.165) is 16.2 Å². The minimum Gasteiger partial charge on any atom is -0.496 e. The maximum absolute atomic E-state index is 11.0. The van der Waals surface area contributed by atoms with E-state index in [4.69, 9.17) is 10.5 Å². The highest BCUT2D eigenvalue weighted by atomic mass is 32.2. The number of carbonyl (C=O) groups excluding carboxylic acids is 1. The summed E-state index contributed by atoms with van der Waals surface area (Å²) in [5, 5.41) is 0. The molecule has 2 rings (SSSR count). The molecule has 0 spiro atoms. The molecule has 0 fully saturated rings. The number of nitrogens with two attached hydrogens (primary N) is 1. The van der Waals surface area contributed by atoms with Crippen LogP contribution in [0, 0.1) is 5.92 Å². The SMILES string of the molecule is NC(=O)C1CSC2=C1C=COC2. The van der Waals surface area contributed by atoms with Crippen molar-refractivity contribution in [1.82, 2.24) is 0 Å². The molecule has 0 aromatic carbocycles. The van der Waals surface area contributed by atoms with Crippen molar-refractivity contribution < 1.29 is 9.53 Å². The van der Waals surface area contributed by atoms with Gasteiger partial charge in [0, 0.05) is 10.7 Å². The fourth-order valence-electron chi connectivity index (χ4n) is 1.37. The zero-order valence-corrected chi connectivity index (χ0v) is 7.26. The summed E-state index contributed by atoms with van der Waals surface area (Å²) in [7, 11) is 0. The van der Waals surface area contributed by atoms with Crippen molar-refractivity contribution in [3.8, 4) is 0 Å². The molecule has 0 aliphatic carbocycles. The highest BCUT2D eigenvalue weighted by Gasteiger charge is 2.30. The van der Waals surface area contributed by atoms with Gasteiger partial charge in [0.15, 0.2) is 0 Å². The van der Waals surface area contributed by atoms with Crippen LogP contribution >= 0.6 is 11.8 Å². The summed E-state index contributed by atoms with van der Waals surface area (Å²) < 4.78 is 5.10. The summed E-state index contributed by atoms with van der Waals surface area (Å²) >= 11 is 1.67. The molecule has 0 bridgehead atoms. The van der Waals surface area contributed by atoms with Crippen LogP contribution in [0.1, 0.15) is 0 Å². The Morgan fingerprint density at radius 2 is 2.58 bits per heavy atom. The van der Waals surface area contributed by atoms with Crippen molar-refractivity contribution >= 4 is 17.7 Å². The molecule has 1 atom stereocenters. The molecule has 0 saturated heterocycles. The van der Waals surface area contributed by atoms with Crippen LogP contribution in [0.2, 0.25) is 0 Å². The van der Waals surface area contributed by atoms with Gasteiger partial charge in [0.25, 0.3) is 0 Å². The molecule has 12 heavy (non-hydrogen) atoms. The number of primary amides is 1. The van der Waals surface area contributed by atoms with E-state index >= 15 is 0 Å². The number of allylic oxidation sites excluding steroid dienone is 1. The van der Waals surface area contributed by atoms with Crippen molar-refractivity contribution in [1.29, 1.82) is 0 Å². The first-order valence-corrected chi connectivity index (χ1v) is 4.71. The van der Waals surface area contributed by atoms with Gasteiger partial charge in [0.2, 0.25) is 5.91 Å². The van der Waals surface area contributed by atoms with E-state index < -0.39 is 0 Å². The smallest absolute Gasteiger partial charge is 0.225 e. The first kappa shape index (κ1) is 7.73. The van der Waals surface area contributed by atoms with Gasteiger partial charge in [-0.15, -0.1) is 11.8 Å². The lowest BCUT2D eigenvalue weighted by Crippen LogP contribution is -2.24. The van der Waals surface area contributed by atoms with Gasteiger partial charge in [-0.25, -0.2) is 0 Å². The lowest BCUT2D eigenvalue weighted by molar-refractivity contribution is -0.120. The third-order valence-corrected chi connectivity index (χ3v) is 3.23. The fourth-order valence-corrected chi connectivity index (χ4v) is 2.61. The fraction of sp³-hybridized carbons (Fsp3) is 0.375. The first-order valence-electron chi connectivity index (χ1n) is 3.72. The van der Waals surface area contributed by atoms with Crippen LogP contribution in [0.4, 0.5) is 0 Å². The lowest BCUT2D eigenvalue weighted by atomic mass is 10.00. The molecular formula is C8H9NO2S. The van der Waals surface area contributed by atoms with Crippen molar-refractivity contribution in [2.75, 3.05) is 12.4 Å². The predicted octanol–water partition coefficient (Wildman–Crippen LogP) is 0.633. The lowest BCUT2D eigenvalue weighted by Gasteiger charge is -2.11. The maximum atomic E-state index is 11.0. The Labute approximate surface area is 74.6 Å². The molecule has 0 aromatic heterocycles. The van der Waals surface area contributed by atoms with E-state index in [1.165, 1.54) is 0 Å². The van der Waals surface area contributed by atoms with Crippen LogP contribution in [0.3, 0.4) is 0 Å². The molecule has 3 nitrogen and oxygen atoms in total. The van der Waals surface area contributed by atoms with Crippen LogP contribution < -0.4 is 5.73 Å².